The van der Waals surface area contributed by atoms with Crippen LogP contribution < -0.4 is 10.6 Å². The largest absolute Gasteiger partial charge is 0.339 e. The zero-order valence-corrected chi connectivity index (χ0v) is 14.4. The quantitative estimate of drug-likeness (QED) is 0.745. The third kappa shape index (κ3) is 4.97. The van der Waals surface area contributed by atoms with Crippen molar-refractivity contribution in [2.75, 3.05) is 10.6 Å². The molecule has 126 valence electrons. The highest BCUT2D eigenvalue weighted by Crippen LogP contribution is 2.20. The summed E-state index contributed by atoms with van der Waals surface area (Å²) in [6, 6.07) is 12.9. The SMILES string of the molecule is CC.Cc1ccnc(Nc2cc(Nc3ccccc3C#N)ncn2)n1. The van der Waals surface area contributed by atoms with Crippen molar-refractivity contribution in [1.29, 1.82) is 5.26 Å². The van der Waals surface area contributed by atoms with Crippen LogP contribution in [0.5, 0.6) is 0 Å². The van der Waals surface area contributed by atoms with Crippen molar-refractivity contribution in [2.45, 2.75) is 20.8 Å². The predicted octanol–water partition coefficient (Wildman–Crippen LogP) is 3.96. The maximum Gasteiger partial charge on any atom is 0.228 e. The van der Waals surface area contributed by atoms with Gasteiger partial charge in [-0.3, -0.25) is 0 Å². The van der Waals surface area contributed by atoms with E-state index in [1.807, 2.05) is 45.0 Å². The molecule has 0 unspecified atom stereocenters. The van der Waals surface area contributed by atoms with Crippen LogP contribution in [0.15, 0.2) is 48.9 Å². The molecule has 3 rings (SSSR count). The van der Waals surface area contributed by atoms with Gasteiger partial charge < -0.3 is 10.6 Å². The van der Waals surface area contributed by atoms with Crippen LogP contribution in [0.1, 0.15) is 25.1 Å². The van der Waals surface area contributed by atoms with Gasteiger partial charge in [-0.2, -0.15) is 5.26 Å². The van der Waals surface area contributed by atoms with E-state index in [1.165, 1.54) is 6.33 Å². The summed E-state index contributed by atoms with van der Waals surface area (Å²) in [7, 11) is 0. The lowest BCUT2D eigenvalue weighted by Crippen LogP contribution is -2.02. The van der Waals surface area contributed by atoms with E-state index in [-0.39, 0.29) is 0 Å². The van der Waals surface area contributed by atoms with Crippen molar-refractivity contribution in [3.63, 3.8) is 0 Å². The highest BCUT2D eigenvalue weighted by atomic mass is 15.1. The standard InChI is InChI=1S/C16H13N7.C2H6/c1-11-6-7-18-16(21-11)23-15-8-14(19-10-20-15)22-13-5-3-2-4-12(13)9-17;1-2/h2-8,10H,1H3,(H2,18,19,20,21,22,23);1-2H3. The minimum absolute atomic E-state index is 0.465. The first kappa shape index (κ1) is 17.8. The van der Waals surface area contributed by atoms with Crippen molar-refractivity contribution in [3.05, 3.63) is 60.2 Å². The molecular formula is C18H19N7. The number of nitrogens with zero attached hydrogens (tertiary/aromatic N) is 5. The number of anilines is 4. The Morgan fingerprint density at radius 3 is 2.40 bits per heavy atom. The van der Waals surface area contributed by atoms with Crippen LogP contribution in [-0.2, 0) is 0 Å². The number of hydrogen-bond acceptors (Lipinski definition) is 7. The van der Waals surface area contributed by atoms with Crippen molar-refractivity contribution >= 4 is 23.3 Å². The molecule has 2 aromatic heterocycles. The van der Waals surface area contributed by atoms with Crippen LogP contribution in [-0.4, -0.2) is 19.9 Å². The van der Waals surface area contributed by atoms with E-state index < -0.39 is 0 Å². The molecule has 0 aliphatic rings. The molecule has 0 saturated carbocycles. The summed E-state index contributed by atoms with van der Waals surface area (Å²) in [4.78, 5) is 16.7. The molecule has 2 N–H and O–H groups in total. The summed E-state index contributed by atoms with van der Waals surface area (Å²) in [5.74, 6) is 1.59. The summed E-state index contributed by atoms with van der Waals surface area (Å²) in [5.41, 5.74) is 2.09. The second-order valence-electron chi connectivity index (χ2n) is 4.72. The second kappa shape index (κ2) is 8.93. The Balaban J connectivity index is 0.00000109. The Bertz CT molecular complexity index is 871. The van der Waals surface area contributed by atoms with Gasteiger partial charge in [0.15, 0.2) is 0 Å². The van der Waals surface area contributed by atoms with Crippen LogP contribution in [0.3, 0.4) is 0 Å². The van der Waals surface area contributed by atoms with Crippen LogP contribution in [0.2, 0.25) is 0 Å². The summed E-state index contributed by atoms with van der Waals surface area (Å²) < 4.78 is 0. The van der Waals surface area contributed by atoms with Gasteiger partial charge in [0.05, 0.1) is 11.3 Å². The van der Waals surface area contributed by atoms with Gasteiger partial charge in [0.2, 0.25) is 5.95 Å². The fourth-order valence-corrected chi connectivity index (χ4v) is 1.95. The molecule has 1 aromatic carbocycles. The normalized spacial score (nSPS) is 9.36. The van der Waals surface area contributed by atoms with Gasteiger partial charge >= 0.3 is 0 Å². The lowest BCUT2D eigenvalue weighted by molar-refractivity contribution is 1.09. The first-order chi connectivity index (χ1) is 12.2. The summed E-state index contributed by atoms with van der Waals surface area (Å²) in [5, 5.41) is 15.2. The van der Waals surface area contributed by atoms with Crippen molar-refractivity contribution < 1.29 is 0 Å². The molecule has 0 atom stereocenters. The molecule has 3 aromatic rings. The van der Waals surface area contributed by atoms with Crippen molar-refractivity contribution in [2.24, 2.45) is 0 Å². The Morgan fingerprint density at radius 2 is 1.68 bits per heavy atom. The van der Waals surface area contributed by atoms with E-state index in [4.69, 9.17) is 5.26 Å². The third-order valence-corrected chi connectivity index (χ3v) is 3.01. The van der Waals surface area contributed by atoms with Gasteiger partial charge in [0, 0.05) is 18.0 Å². The number of hydrogen-bond donors (Lipinski definition) is 2. The Kier molecular flexibility index (Phi) is 6.37. The molecule has 7 nitrogen and oxygen atoms in total. The monoisotopic (exact) mass is 333 g/mol. The molecule has 0 aliphatic heterocycles. The first-order valence-electron chi connectivity index (χ1n) is 7.89. The summed E-state index contributed by atoms with van der Waals surface area (Å²) in [6.07, 6.45) is 3.10. The van der Waals surface area contributed by atoms with Gasteiger partial charge in [-0.1, -0.05) is 26.0 Å². The highest BCUT2D eigenvalue weighted by molar-refractivity contribution is 5.66. The van der Waals surface area contributed by atoms with Gasteiger partial charge in [-0.25, -0.2) is 19.9 Å². The van der Waals surface area contributed by atoms with Crippen LogP contribution in [0, 0.1) is 18.3 Å². The van der Waals surface area contributed by atoms with Crippen LogP contribution in [0.25, 0.3) is 0 Å². The minimum Gasteiger partial charge on any atom is -0.339 e. The smallest absolute Gasteiger partial charge is 0.228 e. The molecule has 0 fully saturated rings. The highest BCUT2D eigenvalue weighted by Gasteiger charge is 2.05. The molecule has 0 spiro atoms. The van der Waals surface area contributed by atoms with Gasteiger partial charge in [-0.15, -0.1) is 0 Å². The van der Waals surface area contributed by atoms with E-state index in [0.717, 1.165) is 5.69 Å². The molecule has 7 heteroatoms. The molecule has 2 heterocycles. The fraction of sp³-hybridized carbons (Fsp3) is 0.167. The maximum atomic E-state index is 9.12. The number of aryl methyl sites for hydroxylation is 1. The van der Waals surface area contributed by atoms with E-state index in [1.54, 1.807) is 18.3 Å². The molecule has 0 bridgehead atoms. The lowest BCUT2D eigenvalue weighted by Gasteiger charge is -2.09. The molecule has 0 radical (unpaired) electrons. The first-order valence-corrected chi connectivity index (χ1v) is 7.89. The zero-order valence-electron chi connectivity index (χ0n) is 14.4. The maximum absolute atomic E-state index is 9.12. The van der Waals surface area contributed by atoms with E-state index in [2.05, 4.69) is 36.6 Å². The Hall–Kier alpha value is -3.53. The lowest BCUT2D eigenvalue weighted by atomic mass is 10.2. The number of nitriles is 1. The van der Waals surface area contributed by atoms with Gasteiger partial charge in [0.1, 0.15) is 24.0 Å². The molecule has 25 heavy (non-hydrogen) atoms. The van der Waals surface area contributed by atoms with Gasteiger partial charge in [0.25, 0.3) is 0 Å². The van der Waals surface area contributed by atoms with Crippen LogP contribution >= 0.6 is 0 Å². The minimum atomic E-state index is 0.465. The molecule has 0 saturated heterocycles. The molecular weight excluding hydrogens is 314 g/mol. The molecule has 0 aliphatic carbocycles. The Labute approximate surface area is 146 Å². The fourth-order valence-electron chi connectivity index (χ4n) is 1.95. The van der Waals surface area contributed by atoms with E-state index >= 15 is 0 Å². The van der Waals surface area contributed by atoms with Crippen molar-refractivity contribution in [1.82, 2.24) is 19.9 Å². The summed E-state index contributed by atoms with van der Waals surface area (Å²) >= 11 is 0. The average Bonchev–Trinajstić information content (AvgIpc) is 2.64. The van der Waals surface area contributed by atoms with Crippen molar-refractivity contribution in [3.8, 4) is 6.07 Å². The van der Waals surface area contributed by atoms with Crippen LogP contribution in [0.4, 0.5) is 23.3 Å². The third-order valence-electron chi connectivity index (χ3n) is 3.01. The number of para-hydroxylation sites is 1. The number of benzene rings is 1. The zero-order chi connectivity index (χ0) is 18.1. The summed E-state index contributed by atoms with van der Waals surface area (Å²) in [6.45, 7) is 5.89. The predicted molar refractivity (Wildman–Crippen MR) is 97.9 cm³/mol. The van der Waals surface area contributed by atoms with Gasteiger partial charge in [-0.05, 0) is 25.1 Å². The van der Waals surface area contributed by atoms with E-state index in [0.29, 0.717) is 28.8 Å². The Morgan fingerprint density at radius 1 is 0.960 bits per heavy atom. The average molecular weight is 333 g/mol. The topological polar surface area (TPSA) is 99.4 Å². The molecule has 0 amide bonds. The second-order valence-corrected chi connectivity index (χ2v) is 4.72. The number of nitrogens with one attached hydrogen (secondary N) is 2. The number of rotatable bonds is 4. The number of aromatic nitrogens is 4. The van der Waals surface area contributed by atoms with E-state index in [9.17, 15) is 0 Å².